The third kappa shape index (κ3) is 6.82. The minimum absolute atomic E-state index is 0.191. The first kappa shape index (κ1) is 13.4. The van der Waals surface area contributed by atoms with Gasteiger partial charge >= 0.3 is 5.97 Å². The smallest absolute Gasteiger partial charge is 0.325 e. The molecular weight excluding hydrogens is 186 g/mol. The summed E-state index contributed by atoms with van der Waals surface area (Å²) in [6, 6.07) is -0.939. The molecule has 14 heavy (non-hydrogen) atoms. The third-order valence-electron chi connectivity index (χ3n) is 1.61. The fourth-order valence-electron chi connectivity index (χ4n) is 0.731. The SMILES string of the molecule is CCCCOCCOC(=O)[C@H](N)CO. The molecule has 84 valence electrons. The Balaban J connectivity index is 3.23. The molecule has 1 atom stereocenters. The third-order valence-corrected chi connectivity index (χ3v) is 1.61. The molecule has 0 unspecified atom stereocenters. The van der Waals surface area contributed by atoms with Crippen molar-refractivity contribution in [1.29, 1.82) is 0 Å². The van der Waals surface area contributed by atoms with E-state index < -0.39 is 18.6 Å². The van der Waals surface area contributed by atoms with Gasteiger partial charge in [0, 0.05) is 6.61 Å². The van der Waals surface area contributed by atoms with E-state index in [1.54, 1.807) is 0 Å². The van der Waals surface area contributed by atoms with Gasteiger partial charge in [-0.25, -0.2) is 0 Å². The molecule has 0 rings (SSSR count). The molecule has 0 heterocycles. The zero-order chi connectivity index (χ0) is 10.8. The van der Waals surface area contributed by atoms with Gasteiger partial charge in [-0.2, -0.15) is 0 Å². The van der Waals surface area contributed by atoms with Gasteiger partial charge in [-0.15, -0.1) is 0 Å². The van der Waals surface area contributed by atoms with Crippen LogP contribution in [0.3, 0.4) is 0 Å². The van der Waals surface area contributed by atoms with E-state index in [1.807, 2.05) is 0 Å². The van der Waals surface area contributed by atoms with E-state index in [0.29, 0.717) is 13.2 Å². The number of hydrogen-bond acceptors (Lipinski definition) is 5. The van der Waals surface area contributed by atoms with Crippen molar-refractivity contribution in [3.05, 3.63) is 0 Å². The molecule has 0 bridgehead atoms. The molecule has 0 aromatic rings. The summed E-state index contributed by atoms with van der Waals surface area (Å²) in [7, 11) is 0. The Morgan fingerprint density at radius 3 is 2.71 bits per heavy atom. The van der Waals surface area contributed by atoms with Gasteiger partial charge in [0.25, 0.3) is 0 Å². The zero-order valence-corrected chi connectivity index (χ0v) is 8.57. The van der Waals surface area contributed by atoms with Crippen LogP contribution in [-0.4, -0.2) is 43.5 Å². The average molecular weight is 205 g/mol. The summed E-state index contributed by atoms with van der Waals surface area (Å²) >= 11 is 0. The number of hydrogen-bond donors (Lipinski definition) is 2. The molecular formula is C9H19NO4. The lowest BCUT2D eigenvalue weighted by molar-refractivity contribution is -0.147. The number of carbonyl (C=O) groups is 1. The Bertz CT molecular complexity index is 152. The first-order chi connectivity index (χ1) is 6.72. The van der Waals surface area contributed by atoms with Crippen LogP contribution in [-0.2, 0) is 14.3 Å². The monoisotopic (exact) mass is 205 g/mol. The van der Waals surface area contributed by atoms with Gasteiger partial charge in [-0.05, 0) is 6.42 Å². The number of unbranched alkanes of at least 4 members (excludes halogenated alkanes) is 1. The summed E-state index contributed by atoms with van der Waals surface area (Å²) in [4.78, 5) is 10.9. The molecule has 5 heteroatoms. The minimum Gasteiger partial charge on any atom is -0.462 e. The number of aliphatic hydroxyl groups excluding tert-OH is 1. The summed E-state index contributed by atoms with van der Waals surface area (Å²) in [6.07, 6.45) is 2.08. The van der Waals surface area contributed by atoms with Gasteiger partial charge in [0.15, 0.2) is 0 Å². The fourth-order valence-corrected chi connectivity index (χ4v) is 0.731. The summed E-state index contributed by atoms with van der Waals surface area (Å²) in [6.45, 7) is 2.93. The molecule has 0 saturated carbocycles. The summed E-state index contributed by atoms with van der Waals surface area (Å²) in [5, 5.41) is 8.52. The van der Waals surface area contributed by atoms with Gasteiger partial charge < -0.3 is 20.3 Å². The van der Waals surface area contributed by atoms with E-state index in [9.17, 15) is 4.79 Å². The van der Waals surface area contributed by atoms with E-state index in [2.05, 4.69) is 6.92 Å². The molecule has 0 aliphatic rings. The van der Waals surface area contributed by atoms with Crippen LogP contribution in [0.2, 0.25) is 0 Å². The first-order valence-corrected chi connectivity index (χ1v) is 4.83. The number of nitrogens with two attached hydrogens (primary N) is 1. The largest absolute Gasteiger partial charge is 0.462 e. The van der Waals surface area contributed by atoms with Crippen molar-refractivity contribution in [3.8, 4) is 0 Å². The van der Waals surface area contributed by atoms with Crippen LogP contribution in [0.1, 0.15) is 19.8 Å². The van der Waals surface area contributed by atoms with Gasteiger partial charge in [-0.1, -0.05) is 13.3 Å². The molecule has 0 fully saturated rings. The van der Waals surface area contributed by atoms with Crippen LogP contribution in [0, 0.1) is 0 Å². The van der Waals surface area contributed by atoms with Crippen molar-refractivity contribution >= 4 is 5.97 Å². The predicted octanol–water partition coefficient (Wildman–Crippen LogP) is -0.334. The Hall–Kier alpha value is -0.650. The molecule has 0 aromatic carbocycles. The molecule has 0 amide bonds. The van der Waals surface area contributed by atoms with Crippen LogP contribution >= 0.6 is 0 Å². The van der Waals surface area contributed by atoms with Gasteiger partial charge in [-0.3, -0.25) is 4.79 Å². The second-order valence-electron chi connectivity index (χ2n) is 2.92. The van der Waals surface area contributed by atoms with Crippen molar-refractivity contribution in [2.24, 2.45) is 5.73 Å². The maximum atomic E-state index is 10.9. The Labute approximate surface area is 84.2 Å². The van der Waals surface area contributed by atoms with Crippen LogP contribution in [0.5, 0.6) is 0 Å². The highest BCUT2D eigenvalue weighted by Gasteiger charge is 2.12. The maximum Gasteiger partial charge on any atom is 0.325 e. The molecule has 0 spiro atoms. The van der Waals surface area contributed by atoms with E-state index >= 15 is 0 Å². The summed E-state index contributed by atoms with van der Waals surface area (Å²) < 4.78 is 9.88. The number of carbonyl (C=O) groups excluding carboxylic acids is 1. The van der Waals surface area contributed by atoms with Crippen molar-refractivity contribution in [2.75, 3.05) is 26.4 Å². The lowest BCUT2D eigenvalue weighted by atomic mass is 10.3. The van der Waals surface area contributed by atoms with Gasteiger partial charge in [0.05, 0.1) is 13.2 Å². The molecule has 5 nitrogen and oxygen atoms in total. The quantitative estimate of drug-likeness (QED) is 0.418. The Morgan fingerprint density at radius 1 is 1.43 bits per heavy atom. The second-order valence-corrected chi connectivity index (χ2v) is 2.92. The Kier molecular flexibility index (Phi) is 8.51. The molecule has 0 aromatic heterocycles. The lowest BCUT2D eigenvalue weighted by Gasteiger charge is -2.08. The van der Waals surface area contributed by atoms with Crippen molar-refractivity contribution < 1.29 is 19.4 Å². The Morgan fingerprint density at radius 2 is 2.14 bits per heavy atom. The highest BCUT2D eigenvalue weighted by atomic mass is 16.6. The summed E-state index contributed by atoms with van der Waals surface area (Å²) in [5.41, 5.74) is 5.21. The summed E-state index contributed by atoms with van der Waals surface area (Å²) in [5.74, 6) is -0.591. The highest BCUT2D eigenvalue weighted by Crippen LogP contribution is 1.89. The highest BCUT2D eigenvalue weighted by molar-refractivity contribution is 5.75. The zero-order valence-electron chi connectivity index (χ0n) is 8.57. The van der Waals surface area contributed by atoms with Gasteiger partial charge in [0.2, 0.25) is 0 Å². The van der Waals surface area contributed by atoms with Crippen LogP contribution in [0.25, 0.3) is 0 Å². The normalized spacial score (nSPS) is 12.5. The molecule has 0 aliphatic carbocycles. The predicted molar refractivity (Wildman–Crippen MR) is 51.7 cm³/mol. The van der Waals surface area contributed by atoms with Crippen molar-refractivity contribution in [3.63, 3.8) is 0 Å². The molecule has 0 aliphatic heterocycles. The van der Waals surface area contributed by atoms with E-state index in [4.69, 9.17) is 20.3 Å². The second kappa shape index (κ2) is 8.93. The fraction of sp³-hybridized carbons (Fsp3) is 0.889. The van der Waals surface area contributed by atoms with Crippen molar-refractivity contribution in [1.82, 2.24) is 0 Å². The first-order valence-electron chi connectivity index (χ1n) is 4.83. The van der Waals surface area contributed by atoms with Crippen LogP contribution in [0.4, 0.5) is 0 Å². The van der Waals surface area contributed by atoms with E-state index in [1.165, 1.54) is 0 Å². The lowest BCUT2D eigenvalue weighted by Crippen LogP contribution is -2.36. The van der Waals surface area contributed by atoms with E-state index in [-0.39, 0.29) is 6.61 Å². The number of esters is 1. The van der Waals surface area contributed by atoms with E-state index in [0.717, 1.165) is 12.8 Å². The standard InChI is InChI=1S/C9H19NO4/c1-2-3-4-13-5-6-14-9(12)8(10)7-11/h8,11H,2-7,10H2,1H3/t8-/m1/s1. The minimum atomic E-state index is -0.939. The number of ether oxygens (including phenoxy) is 2. The molecule has 3 N–H and O–H groups in total. The van der Waals surface area contributed by atoms with Crippen LogP contribution in [0.15, 0.2) is 0 Å². The van der Waals surface area contributed by atoms with Crippen LogP contribution < -0.4 is 5.73 Å². The molecule has 0 radical (unpaired) electrons. The average Bonchev–Trinajstić information content (AvgIpc) is 2.21. The number of rotatable bonds is 8. The van der Waals surface area contributed by atoms with Crippen molar-refractivity contribution in [2.45, 2.75) is 25.8 Å². The van der Waals surface area contributed by atoms with Gasteiger partial charge in [0.1, 0.15) is 12.6 Å². The maximum absolute atomic E-state index is 10.9. The molecule has 0 saturated heterocycles. The number of aliphatic hydroxyl groups is 1. The topological polar surface area (TPSA) is 81.8 Å².